The lowest BCUT2D eigenvalue weighted by Gasteiger charge is -2.63. The SMILES string of the molecule is CC(=O)O[C@H]1C[C@]2(O)[C@@H]3CC[C@@H]4C[C@@H](O[C@H]5C[C@H](O)[C@H](O[C@@H]6C[C@H](O)[C@@H](O[C@H]7C[C@H](O)[C@H](O)[C@@H](C)O7)[C@@H](C)O6)[C@@H](C)O5)CC[C@]4(C)[C@H]3CC[C@]2(C)[C@H]1C1=CC(=O)OC1. The predicted octanol–water partition coefficient (Wildman–Crippen LogP) is 2.79. The zero-order chi connectivity index (χ0) is 41.5. The maximum atomic E-state index is 12.8. The van der Waals surface area contributed by atoms with Gasteiger partial charge in [-0.1, -0.05) is 13.8 Å². The molecule has 4 aliphatic heterocycles. The van der Waals surface area contributed by atoms with Gasteiger partial charge in [0.15, 0.2) is 18.9 Å². The number of hydrogen-bond acceptors (Lipinski definition) is 15. The molecule has 15 heteroatoms. The van der Waals surface area contributed by atoms with Crippen LogP contribution in [0.3, 0.4) is 0 Å². The number of hydrogen-bond donors (Lipinski definition) is 5. The fraction of sp³-hybridized carbons (Fsp3) is 0.907. The minimum atomic E-state index is -1.05. The summed E-state index contributed by atoms with van der Waals surface area (Å²) in [7, 11) is 0. The van der Waals surface area contributed by atoms with E-state index in [0.29, 0.717) is 18.3 Å². The first kappa shape index (κ1) is 42.9. The number of fused-ring (bicyclic) bond motifs is 5. The Morgan fingerprint density at radius 1 is 0.759 bits per heavy atom. The average Bonchev–Trinajstić information content (AvgIpc) is 3.66. The normalized spacial score (nSPS) is 53.2. The second-order valence-electron chi connectivity index (χ2n) is 19.5. The third kappa shape index (κ3) is 7.60. The largest absolute Gasteiger partial charge is 0.462 e. The Hall–Kier alpha value is -1.76. The molecule has 0 spiro atoms. The van der Waals surface area contributed by atoms with Crippen LogP contribution in [0.25, 0.3) is 0 Å². The van der Waals surface area contributed by atoms with E-state index in [1.54, 1.807) is 13.8 Å². The van der Waals surface area contributed by atoms with Crippen molar-refractivity contribution in [2.45, 2.75) is 204 Å². The van der Waals surface area contributed by atoms with Gasteiger partial charge in [-0.05, 0) is 94.5 Å². The van der Waals surface area contributed by atoms with Crippen LogP contribution in [-0.4, -0.2) is 136 Å². The second kappa shape index (κ2) is 16.2. The molecule has 4 saturated carbocycles. The minimum absolute atomic E-state index is 0.00291. The quantitative estimate of drug-likeness (QED) is 0.176. The number of carbonyl (C=O) groups excluding carboxylic acids is 2. The van der Waals surface area contributed by atoms with Crippen LogP contribution in [-0.2, 0) is 47.5 Å². The van der Waals surface area contributed by atoms with Gasteiger partial charge in [-0.25, -0.2) is 4.79 Å². The molecular formula is C43H66O15. The molecule has 4 heterocycles. The monoisotopic (exact) mass is 822 g/mol. The highest BCUT2D eigenvalue weighted by Gasteiger charge is 2.71. The summed E-state index contributed by atoms with van der Waals surface area (Å²) in [5, 5.41) is 55.4. The molecule has 4 aliphatic carbocycles. The van der Waals surface area contributed by atoms with Crippen molar-refractivity contribution < 1.29 is 73.0 Å². The van der Waals surface area contributed by atoms with Gasteiger partial charge in [-0.15, -0.1) is 0 Å². The Morgan fingerprint density at radius 2 is 1.36 bits per heavy atom. The van der Waals surface area contributed by atoms with Crippen LogP contribution in [0, 0.1) is 34.5 Å². The molecule has 0 amide bonds. The summed E-state index contributed by atoms with van der Waals surface area (Å²) < 4.78 is 48.1. The fourth-order valence-electron chi connectivity index (χ4n) is 13.2. The van der Waals surface area contributed by atoms with Gasteiger partial charge in [-0.2, -0.15) is 0 Å². The van der Waals surface area contributed by atoms with Crippen LogP contribution in [0.2, 0.25) is 0 Å². The number of aliphatic hydroxyl groups excluding tert-OH is 4. The summed E-state index contributed by atoms with van der Waals surface area (Å²) in [4.78, 5) is 24.4. The van der Waals surface area contributed by atoms with E-state index in [1.165, 1.54) is 13.0 Å². The zero-order valence-electron chi connectivity index (χ0n) is 34.8. The van der Waals surface area contributed by atoms with E-state index in [2.05, 4.69) is 13.8 Å². The van der Waals surface area contributed by atoms with Gasteiger partial charge in [0, 0.05) is 50.0 Å². The molecule has 328 valence electrons. The van der Waals surface area contributed by atoms with Crippen LogP contribution >= 0.6 is 0 Å². The summed E-state index contributed by atoms with van der Waals surface area (Å²) in [6.07, 6.45) is -1.36. The molecular weight excluding hydrogens is 756 g/mol. The van der Waals surface area contributed by atoms with Gasteiger partial charge in [-0.3, -0.25) is 4.79 Å². The van der Waals surface area contributed by atoms with Crippen LogP contribution in [0.15, 0.2) is 11.6 Å². The van der Waals surface area contributed by atoms with Gasteiger partial charge in [0.2, 0.25) is 0 Å². The van der Waals surface area contributed by atoms with E-state index in [1.807, 2.05) is 6.92 Å². The highest BCUT2D eigenvalue weighted by molar-refractivity contribution is 5.85. The third-order valence-corrected chi connectivity index (χ3v) is 16.1. The van der Waals surface area contributed by atoms with Crippen molar-refractivity contribution in [2.24, 2.45) is 34.5 Å². The molecule has 0 aromatic carbocycles. The lowest BCUT2D eigenvalue weighted by Crippen LogP contribution is -2.62. The van der Waals surface area contributed by atoms with Gasteiger partial charge in [0.1, 0.15) is 31.0 Å². The number of cyclic esters (lactones) is 1. The predicted molar refractivity (Wildman–Crippen MR) is 202 cm³/mol. The summed E-state index contributed by atoms with van der Waals surface area (Å²) in [5.74, 6) is -0.330. The molecule has 0 aromatic rings. The maximum absolute atomic E-state index is 12.8. The molecule has 8 rings (SSSR count). The molecule has 58 heavy (non-hydrogen) atoms. The van der Waals surface area contributed by atoms with Crippen LogP contribution in [0.5, 0.6) is 0 Å². The van der Waals surface area contributed by atoms with Crippen molar-refractivity contribution in [1.29, 1.82) is 0 Å². The molecule has 0 radical (unpaired) electrons. The van der Waals surface area contributed by atoms with E-state index >= 15 is 0 Å². The summed E-state index contributed by atoms with van der Waals surface area (Å²) in [5.41, 5.74) is -0.805. The Kier molecular flexibility index (Phi) is 12.0. The number of ether oxygens (including phenoxy) is 8. The third-order valence-electron chi connectivity index (χ3n) is 16.1. The van der Waals surface area contributed by atoms with Crippen molar-refractivity contribution in [1.82, 2.24) is 0 Å². The summed E-state index contributed by atoms with van der Waals surface area (Å²) in [6.45, 7) is 11.3. The number of carbonyl (C=O) groups is 2. The van der Waals surface area contributed by atoms with Gasteiger partial charge in [0.25, 0.3) is 0 Å². The van der Waals surface area contributed by atoms with Crippen molar-refractivity contribution in [3.63, 3.8) is 0 Å². The second-order valence-corrected chi connectivity index (χ2v) is 19.5. The molecule has 15 nitrogen and oxygen atoms in total. The minimum Gasteiger partial charge on any atom is -0.462 e. The lowest BCUT2D eigenvalue weighted by molar-refractivity contribution is -0.336. The first-order valence-corrected chi connectivity index (χ1v) is 21.8. The first-order valence-electron chi connectivity index (χ1n) is 21.8. The van der Waals surface area contributed by atoms with Gasteiger partial charge >= 0.3 is 11.9 Å². The number of esters is 2. The summed E-state index contributed by atoms with van der Waals surface area (Å²) >= 11 is 0. The van der Waals surface area contributed by atoms with Gasteiger partial charge in [0.05, 0.1) is 48.3 Å². The zero-order valence-corrected chi connectivity index (χ0v) is 34.8. The highest BCUT2D eigenvalue weighted by Crippen LogP contribution is 2.70. The molecule has 0 aromatic heterocycles. The van der Waals surface area contributed by atoms with Crippen LogP contribution in [0.1, 0.15) is 112 Å². The van der Waals surface area contributed by atoms with E-state index in [-0.39, 0.29) is 61.2 Å². The van der Waals surface area contributed by atoms with Crippen molar-refractivity contribution in [3.05, 3.63) is 11.6 Å². The molecule has 0 unspecified atom stereocenters. The van der Waals surface area contributed by atoms with Crippen molar-refractivity contribution in [3.8, 4) is 0 Å². The fourth-order valence-corrected chi connectivity index (χ4v) is 13.2. The molecule has 0 bridgehead atoms. The van der Waals surface area contributed by atoms with Crippen LogP contribution in [0.4, 0.5) is 0 Å². The maximum Gasteiger partial charge on any atom is 0.331 e. The lowest BCUT2D eigenvalue weighted by atomic mass is 9.43. The van der Waals surface area contributed by atoms with E-state index in [4.69, 9.17) is 37.9 Å². The molecule has 8 aliphatic rings. The van der Waals surface area contributed by atoms with Gasteiger partial charge < -0.3 is 63.4 Å². The first-order chi connectivity index (χ1) is 27.4. The van der Waals surface area contributed by atoms with E-state index in [0.717, 1.165) is 50.5 Å². The van der Waals surface area contributed by atoms with Crippen molar-refractivity contribution in [2.75, 3.05) is 6.61 Å². The van der Waals surface area contributed by atoms with E-state index in [9.17, 15) is 35.1 Å². The molecule has 7 fully saturated rings. The standard InChI is InChI=1S/C43H66O15/c1-20-38(49)29(45)15-35(52-20)57-40-22(3)54-36(17-31(40)47)58-39-21(2)53-34(16-30(39)46)56-26-9-11-41(5)25(14-26)7-8-28-27(41)10-12-42(6)37(24-13-33(48)51-19-24)32(55-23(4)44)18-43(28,42)50/h13,20-22,25-32,34-40,45-47,49-50H,7-12,14-19H2,1-6H3/t20-,21-,22-,25-,26+,27+,28-,29+,30+,31+,32+,34+,35+,36-,37+,38-,39-,40+,41+,42-,43+/m1/s1. The Balaban J connectivity index is 0.848. The summed E-state index contributed by atoms with van der Waals surface area (Å²) in [6, 6.07) is 0. The molecule has 21 atom stereocenters. The molecule has 5 N–H and O–H groups in total. The van der Waals surface area contributed by atoms with E-state index < -0.39 is 90.9 Å². The smallest absolute Gasteiger partial charge is 0.331 e. The average molecular weight is 823 g/mol. The number of rotatable bonds is 8. The number of aliphatic hydroxyl groups is 5. The Labute approximate surface area is 341 Å². The topological polar surface area (TPSA) is 209 Å². The Bertz CT molecular complexity index is 1520. The molecule has 3 saturated heterocycles. The highest BCUT2D eigenvalue weighted by atomic mass is 16.7. The van der Waals surface area contributed by atoms with Crippen molar-refractivity contribution >= 4 is 11.9 Å². The van der Waals surface area contributed by atoms with Crippen LogP contribution < -0.4 is 0 Å². The Morgan fingerprint density at radius 3 is 1.93 bits per heavy atom.